The lowest BCUT2D eigenvalue weighted by molar-refractivity contribution is 0.242. The molecule has 4 heterocycles. The topological polar surface area (TPSA) is 90.6 Å². The fourth-order valence-electron chi connectivity index (χ4n) is 4.11. The molecule has 1 aliphatic rings. The first-order valence-corrected chi connectivity index (χ1v) is 9.61. The molecule has 1 N–H and O–H groups in total. The summed E-state index contributed by atoms with van der Waals surface area (Å²) in [4.78, 5) is 28.8. The molecule has 1 aliphatic heterocycles. The Morgan fingerprint density at radius 1 is 1.16 bits per heavy atom. The van der Waals surface area contributed by atoms with Crippen molar-refractivity contribution < 1.29 is 13.5 Å². The first-order chi connectivity index (χ1) is 15.1. The molecule has 0 fully saturated rings. The van der Waals surface area contributed by atoms with Crippen molar-refractivity contribution in [3.8, 4) is 11.7 Å². The van der Waals surface area contributed by atoms with Crippen LogP contribution < -0.4 is 10.4 Å². The molecule has 5 aromatic rings. The van der Waals surface area contributed by atoms with E-state index in [0.717, 1.165) is 17.1 Å². The SMILES string of the molecule is O=c1[nH]c2cnc(-n3cnc4ccccc43)nc2n1[C@@H]1CCOc2c(F)cc(F)cc21. The van der Waals surface area contributed by atoms with Crippen LogP contribution in [0, 0.1) is 11.6 Å². The molecule has 0 spiro atoms. The Morgan fingerprint density at radius 3 is 2.94 bits per heavy atom. The zero-order valence-corrected chi connectivity index (χ0v) is 15.9. The minimum absolute atomic E-state index is 0.0474. The Balaban J connectivity index is 1.57. The number of hydrogen-bond donors (Lipinski definition) is 1. The van der Waals surface area contributed by atoms with E-state index < -0.39 is 23.4 Å². The van der Waals surface area contributed by atoms with Gasteiger partial charge in [-0.1, -0.05) is 12.1 Å². The average Bonchev–Trinajstić information content (AvgIpc) is 3.33. The number of benzene rings is 2. The standard InChI is InChI=1S/C21H14F2N6O2/c22-11-7-12-16(5-6-31-18(12)13(23)8-11)29-19-15(26-21(29)30)9-24-20(27-19)28-10-25-14-3-1-2-4-17(14)28/h1-4,7-10,16H,5-6H2,(H,26,30)/t16-/m1/s1. The van der Waals surface area contributed by atoms with Crippen LogP contribution in [0.25, 0.3) is 28.1 Å². The van der Waals surface area contributed by atoms with Gasteiger partial charge in [0.25, 0.3) is 0 Å². The van der Waals surface area contributed by atoms with Gasteiger partial charge in [0.15, 0.2) is 17.2 Å². The van der Waals surface area contributed by atoms with E-state index >= 15 is 0 Å². The van der Waals surface area contributed by atoms with Crippen molar-refractivity contribution in [2.45, 2.75) is 12.5 Å². The number of ether oxygens (including phenoxy) is 1. The van der Waals surface area contributed by atoms with E-state index in [2.05, 4.69) is 19.9 Å². The minimum Gasteiger partial charge on any atom is -0.490 e. The molecule has 0 unspecified atom stereocenters. The first-order valence-electron chi connectivity index (χ1n) is 9.61. The van der Waals surface area contributed by atoms with Crippen molar-refractivity contribution in [1.29, 1.82) is 0 Å². The second kappa shape index (κ2) is 6.46. The number of aromatic nitrogens is 6. The lowest BCUT2D eigenvalue weighted by Gasteiger charge is -2.27. The third-order valence-electron chi connectivity index (χ3n) is 5.46. The Labute approximate surface area is 172 Å². The summed E-state index contributed by atoms with van der Waals surface area (Å²) in [6.45, 7) is 0.184. The summed E-state index contributed by atoms with van der Waals surface area (Å²) in [7, 11) is 0. The summed E-state index contributed by atoms with van der Waals surface area (Å²) in [5.74, 6) is -1.26. The minimum atomic E-state index is -0.798. The fraction of sp³-hybridized carbons (Fsp3) is 0.143. The second-order valence-corrected chi connectivity index (χ2v) is 7.27. The maximum Gasteiger partial charge on any atom is 0.328 e. The number of imidazole rings is 2. The average molecular weight is 420 g/mol. The van der Waals surface area contributed by atoms with Crippen molar-refractivity contribution in [3.05, 3.63) is 76.6 Å². The number of hydrogen-bond acceptors (Lipinski definition) is 5. The lowest BCUT2D eigenvalue weighted by Crippen LogP contribution is -2.28. The van der Waals surface area contributed by atoms with E-state index in [1.807, 2.05) is 24.3 Å². The number of halogens is 2. The normalized spacial score (nSPS) is 15.9. The number of fused-ring (bicyclic) bond motifs is 3. The number of aromatic amines is 1. The number of para-hydroxylation sites is 2. The van der Waals surface area contributed by atoms with Gasteiger partial charge in [-0.25, -0.2) is 23.5 Å². The smallest absolute Gasteiger partial charge is 0.328 e. The van der Waals surface area contributed by atoms with Gasteiger partial charge in [0.2, 0.25) is 5.95 Å². The van der Waals surface area contributed by atoms with Crippen LogP contribution in [-0.4, -0.2) is 35.7 Å². The lowest BCUT2D eigenvalue weighted by atomic mass is 10.00. The van der Waals surface area contributed by atoms with Gasteiger partial charge in [-0.15, -0.1) is 0 Å². The number of rotatable bonds is 2. The number of nitrogens with one attached hydrogen (secondary N) is 1. The fourth-order valence-corrected chi connectivity index (χ4v) is 4.11. The molecule has 0 bridgehead atoms. The zero-order chi connectivity index (χ0) is 21.1. The molecule has 1 atom stereocenters. The third-order valence-corrected chi connectivity index (χ3v) is 5.46. The predicted octanol–water partition coefficient (Wildman–Crippen LogP) is 3.11. The van der Waals surface area contributed by atoms with Crippen LogP contribution >= 0.6 is 0 Å². The van der Waals surface area contributed by atoms with Gasteiger partial charge in [-0.05, 0) is 18.2 Å². The predicted molar refractivity (Wildman–Crippen MR) is 107 cm³/mol. The van der Waals surface area contributed by atoms with Crippen LogP contribution in [0.3, 0.4) is 0 Å². The molecule has 154 valence electrons. The van der Waals surface area contributed by atoms with Gasteiger partial charge in [-0.3, -0.25) is 9.13 Å². The summed E-state index contributed by atoms with van der Waals surface area (Å²) in [6.07, 6.45) is 3.47. The van der Waals surface area contributed by atoms with E-state index in [0.29, 0.717) is 23.5 Å². The molecule has 0 amide bonds. The van der Waals surface area contributed by atoms with E-state index in [-0.39, 0.29) is 17.9 Å². The molecule has 6 rings (SSSR count). The Morgan fingerprint density at radius 2 is 2.03 bits per heavy atom. The summed E-state index contributed by atoms with van der Waals surface area (Å²) < 4.78 is 36.7. The highest BCUT2D eigenvalue weighted by Gasteiger charge is 2.30. The van der Waals surface area contributed by atoms with Crippen LogP contribution in [0.2, 0.25) is 0 Å². The van der Waals surface area contributed by atoms with Gasteiger partial charge in [0, 0.05) is 18.1 Å². The van der Waals surface area contributed by atoms with Crippen molar-refractivity contribution in [3.63, 3.8) is 0 Å². The Kier molecular flexibility index (Phi) is 3.70. The summed E-state index contributed by atoms with van der Waals surface area (Å²) in [5.41, 5.74) is 2.16. The van der Waals surface area contributed by atoms with Gasteiger partial charge in [-0.2, -0.15) is 4.98 Å². The van der Waals surface area contributed by atoms with Gasteiger partial charge >= 0.3 is 5.69 Å². The van der Waals surface area contributed by atoms with Gasteiger partial charge in [0.05, 0.1) is 29.9 Å². The van der Waals surface area contributed by atoms with Gasteiger partial charge in [0.1, 0.15) is 17.7 Å². The second-order valence-electron chi connectivity index (χ2n) is 7.27. The summed E-state index contributed by atoms with van der Waals surface area (Å²) >= 11 is 0. The van der Waals surface area contributed by atoms with Crippen LogP contribution in [0.1, 0.15) is 18.0 Å². The van der Waals surface area contributed by atoms with Crippen LogP contribution in [-0.2, 0) is 0 Å². The number of H-pyrrole nitrogens is 1. The molecule has 0 saturated carbocycles. The molecule has 10 heteroatoms. The van der Waals surface area contributed by atoms with Gasteiger partial charge < -0.3 is 9.72 Å². The van der Waals surface area contributed by atoms with E-state index in [4.69, 9.17) is 4.74 Å². The highest BCUT2D eigenvalue weighted by atomic mass is 19.1. The molecular formula is C21H14F2N6O2. The summed E-state index contributed by atoms with van der Waals surface area (Å²) in [6, 6.07) is 8.85. The molecule has 0 aliphatic carbocycles. The first kappa shape index (κ1) is 17.8. The van der Waals surface area contributed by atoms with E-state index in [9.17, 15) is 13.6 Å². The van der Waals surface area contributed by atoms with Crippen molar-refractivity contribution >= 4 is 22.2 Å². The highest BCUT2D eigenvalue weighted by molar-refractivity contribution is 5.77. The molecule has 3 aromatic heterocycles. The highest BCUT2D eigenvalue weighted by Crippen LogP contribution is 2.37. The third kappa shape index (κ3) is 2.64. The quantitative estimate of drug-likeness (QED) is 0.474. The van der Waals surface area contributed by atoms with Crippen LogP contribution in [0.4, 0.5) is 8.78 Å². The van der Waals surface area contributed by atoms with Crippen molar-refractivity contribution in [2.75, 3.05) is 6.61 Å². The largest absolute Gasteiger partial charge is 0.490 e. The molecule has 2 aromatic carbocycles. The Bertz CT molecular complexity index is 1540. The number of nitrogens with zero attached hydrogens (tertiary/aromatic N) is 5. The van der Waals surface area contributed by atoms with Crippen molar-refractivity contribution in [1.82, 2.24) is 29.1 Å². The van der Waals surface area contributed by atoms with Crippen LogP contribution in [0.15, 0.2) is 53.7 Å². The van der Waals surface area contributed by atoms with E-state index in [1.54, 1.807) is 10.9 Å². The molecular weight excluding hydrogens is 406 g/mol. The monoisotopic (exact) mass is 420 g/mol. The molecule has 0 radical (unpaired) electrons. The maximum atomic E-state index is 14.3. The molecule has 0 saturated heterocycles. The molecule has 8 nitrogen and oxygen atoms in total. The zero-order valence-electron chi connectivity index (χ0n) is 15.9. The van der Waals surface area contributed by atoms with Crippen molar-refractivity contribution in [2.24, 2.45) is 0 Å². The van der Waals surface area contributed by atoms with E-state index in [1.165, 1.54) is 16.8 Å². The Hall–Kier alpha value is -4.08. The maximum absolute atomic E-state index is 14.3. The molecule has 31 heavy (non-hydrogen) atoms. The summed E-state index contributed by atoms with van der Waals surface area (Å²) in [5, 5.41) is 0. The van der Waals surface area contributed by atoms with Crippen LogP contribution in [0.5, 0.6) is 5.75 Å².